The Kier molecular flexibility index (Phi) is 3.17. The van der Waals surface area contributed by atoms with E-state index in [1.54, 1.807) is 6.07 Å². The summed E-state index contributed by atoms with van der Waals surface area (Å²) in [6, 6.07) is 5.37. The first-order valence-corrected chi connectivity index (χ1v) is 7.23. The molecule has 3 rings (SSSR count). The molecule has 2 atom stereocenters. The van der Waals surface area contributed by atoms with Crippen LogP contribution >= 0.6 is 11.6 Å². The number of hydrogen-bond acceptors (Lipinski definition) is 2. The van der Waals surface area contributed by atoms with Gasteiger partial charge in [0.2, 0.25) is 0 Å². The molecule has 1 heterocycles. The van der Waals surface area contributed by atoms with Crippen LogP contribution in [0.1, 0.15) is 60.1 Å². The highest BCUT2D eigenvalue weighted by molar-refractivity contribution is 6.36. The zero-order chi connectivity index (χ0) is 14.4. The van der Waals surface area contributed by atoms with E-state index in [9.17, 15) is 9.90 Å². The van der Waals surface area contributed by atoms with E-state index in [0.29, 0.717) is 27.4 Å². The third-order valence-electron chi connectivity index (χ3n) is 4.23. The highest BCUT2D eigenvalue weighted by Gasteiger charge is 2.30. The fourth-order valence-electron chi connectivity index (χ4n) is 3.18. The molecule has 104 valence electrons. The summed E-state index contributed by atoms with van der Waals surface area (Å²) >= 11 is 6.23. The molecule has 0 saturated heterocycles. The number of pyridine rings is 1. The first kappa shape index (κ1) is 13.4. The third kappa shape index (κ3) is 1.88. The highest BCUT2D eigenvalue weighted by Crippen LogP contribution is 2.42. The number of fused-ring (bicyclic) bond motifs is 2. The first-order chi connectivity index (χ1) is 9.50. The van der Waals surface area contributed by atoms with Crippen molar-refractivity contribution in [3.05, 3.63) is 40.0 Å². The number of rotatable bonds is 1. The lowest BCUT2D eigenvalue weighted by Gasteiger charge is -2.28. The van der Waals surface area contributed by atoms with Gasteiger partial charge in [-0.1, -0.05) is 31.5 Å². The van der Waals surface area contributed by atoms with Gasteiger partial charge in [0.1, 0.15) is 0 Å². The molecule has 3 nitrogen and oxygen atoms in total. The Morgan fingerprint density at radius 1 is 1.30 bits per heavy atom. The van der Waals surface area contributed by atoms with Gasteiger partial charge >= 0.3 is 5.97 Å². The second kappa shape index (κ2) is 4.74. The van der Waals surface area contributed by atoms with Crippen LogP contribution in [0, 0.1) is 0 Å². The molecule has 1 aliphatic carbocycles. The summed E-state index contributed by atoms with van der Waals surface area (Å²) in [5.41, 5.74) is 2.82. The summed E-state index contributed by atoms with van der Waals surface area (Å²) in [5.74, 6) is -0.411. The predicted octanol–water partition coefficient (Wildman–Crippen LogP) is 4.59. The quantitative estimate of drug-likeness (QED) is 0.835. The Morgan fingerprint density at radius 3 is 2.70 bits per heavy atom. The van der Waals surface area contributed by atoms with Crippen LogP contribution in [-0.4, -0.2) is 16.1 Å². The van der Waals surface area contributed by atoms with Crippen molar-refractivity contribution >= 4 is 28.5 Å². The van der Waals surface area contributed by atoms with Crippen LogP contribution < -0.4 is 0 Å². The molecule has 20 heavy (non-hydrogen) atoms. The van der Waals surface area contributed by atoms with Gasteiger partial charge in [0.25, 0.3) is 0 Å². The lowest BCUT2D eigenvalue weighted by molar-refractivity contribution is 0.0696. The van der Waals surface area contributed by atoms with Gasteiger partial charge in [-0.05, 0) is 42.4 Å². The average molecular weight is 290 g/mol. The standard InChI is InChI=1S/C16H16ClNO2/c1-8-6-7-9(2)15-12(8)14(16(19)20)13-10(17)4-3-5-11(13)18-15/h3-5,8-9H,6-7H2,1-2H3,(H,19,20). The Morgan fingerprint density at radius 2 is 2.00 bits per heavy atom. The van der Waals surface area contributed by atoms with Crippen molar-refractivity contribution in [2.24, 2.45) is 0 Å². The second-order valence-electron chi connectivity index (χ2n) is 5.60. The van der Waals surface area contributed by atoms with Crippen LogP contribution in [0.15, 0.2) is 18.2 Å². The zero-order valence-electron chi connectivity index (χ0n) is 11.5. The second-order valence-corrected chi connectivity index (χ2v) is 6.01. The number of nitrogens with zero attached hydrogens (tertiary/aromatic N) is 1. The maximum absolute atomic E-state index is 11.8. The molecule has 4 heteroatoms. The molecule has 0 bridgehead atoms. The van der Waals surface area contributed by atoms with Crippen molar-refractivity contribution in [3.63, 3.8) is 0 Å². The van der Waals surface area contributed by atoms with Gasteiger partial charge in [0.15, 0.2) is 0 Å². The summed E-state index contributed by atoms with van der Waals surface area (Å²) in [6.07, 6.45) is 2.04. The molecule has 1 aliphatic rings. The minimum atomic E-state index is -0.914. The summed E-state index contributed by atoms with van der Waals surface area (Å²) in [6.45, 7) is 4.18. The van der Waals surface area contributed by atoms with Gasteiger partial charge in [-0.3, -0.25) is 4.98 Å². The number of aromatic nitrogens is 1. The number of aromatic carboxylic acids is 1. The molecule has 1 N–H and O–H groups in total. The van der Waals surface area contributed by atoms with Gasteiger partial charge in [-0.15, -0.1) is 0 Å². The number of benzene rings is 1. The van der Waals surface area contributed by atoms with Crippen molar-refractivity contribution in [2.45, 2.75) is 38.5 Å². The molecule has 0 fully saturated rings. The zero-order valence-corrected chi connectivity index (χ0v) is 12.2. The predicted molar refractivity (Wildman–Crippen MR) is 79.8 cm³/mol. The maximum Gasteiger partial charge on any atom is 0.336 e. The van der Waals surface area contributed by atoms with Gasteiger partial charge < -0.3 is 5.11 Å². The molecule has 1 aromatic carbocycles. The Labute approximate surface area is 122 Å². The summed E-state index contributed by atoms with van der Waals surface area (Å²) in [5, 5.41) is 10.7. The summed E-state index contributed by atoms with van der Waals surface area (Å²) in [7, 11) is 0. The van der Waals surface area contributed by atoms with E-state index < -0.39 is 5.97 Å². The summed E-state index contributed by atoms with van der Waals surface area (Å²) < 4.78 is 0. The van der Waals surface area contributed by atoms with Crippen molar-refractivity contribution in [1.82, 2.24) is 4.98 Å². The third-order valence-corrected chi connectivity index (χ3v) is 4.55. The van der Waals surface area contributed by atoms with Crippen molar-refractivity contribution in [3.8, 4) is 0 Å². The van der Waals surface area contributed by atoms with E-state index in [2.05, 4.69) is 13.8 Å². The average Bonchev–Trinajstić information content (AvgIpc) is 2.41. The van der Waals surface area contributed by atoms with Crippen LogP contribution in [0.4, 0.5) is 0 Å². The van der Waals surface area contributed by atoms with Crippen LogP contribution in [-0.2, 0) is 0 Å². The van der Waals surface area contributed by atoms with Gasteiger partial charge in [-0.25, -0.2) is 4.79 Å². The molecule has 2 unspecified atom stereocenters. The highest BCUT2D eigenvalue weighted by atomic mass is 35.5. The van der Waals surface area contributed by atoms with E-state index in [1.165, 1.54) is 0 Å². The fourth-order valence-corrected chi connectivity index (χ4v) is 3.45. The Bertz CT molecular complexity index is 711. The van der Waals surface area contributed by atoms with Gasteiger partial charge in [-0.2, -0.15) is 0 Å². The lowest BCUT2D eigenvalue weighted by Crippen LogP contribution is -2.18. The smallest absolute Gasteiger partial charge is 0.336 e. The topological polar surface area (TPSA) is 50.2 Å². The van der Waals surface area contributed by atoms with Crippen LogP contribution in [0.5, 0.6) is 0 Å². The van der Waals surface area contributed by atoms with Crippen molar-refractivity contribution in [2.75, 3.05) is 0 Å². The molecule has 0 saturated carbocycles. The molecule has 1 aromatic heterocycles. The molecular weight excluding hydrogens is 274 g/mol. The largest absolute Gasteiger partial charge is 0.478 e. The number of carboxylic acid groups (broad SMARTS) is 1. The minimum absolute atomic E-state index is 0.209. The van der Waals surface area contributed by atoms with E-state index in [-0.39, 0.29) is 5.92 Å². The van der Waals surface area contributed by atoms with E-state index >= 15 is 0 Å². The van der Waals surface area contributed by atoms with E-state index in [1.807, 2.05) is 12.1 Å². The lowest BCUT2D eigenvalue weighted by atomic mass is 9.78. The Hall–Kier alpha value is -1.61. The normalized spacial score (nSPS) is 21.8. The minimum Gasteiger partial charge on any atom is -0.478 e. The Balaban J connectivity index is 2.49. The molecule has 0 amide bonds. The van der Waals surface area contributed by atoms with Crippen molar-refractivity contribution < 1.29 is 9.90 Å². The van der Waals surface area contributed by atoms with E-state index in [4.69, 9.17) is 16.6 Å². The summed E-state index contributed by atoms with van der Waals surface area (Å²) in [4.78, 5) is 16.5. The molecule has 0 radical (unpaired) electrons. The van der Waals surface area contributed by atoms with Gasteiger partial charge in [0, 0.05) is 11.1 Å². The molecule has 2 aromatic rings. The maximum atomic E-state index is 11.8. The van der Waals surface area contributed by atoms with Crippen LogP contribution in [0.3, 0.4) is 0 Å². The fraction of sp³-hybridized carbons (Fsp3) is 0.375. The van der Waals surface area contributed by atoms with Gasteiger partial charge in [0.05, 0.1) is 16.1 Å². The number of halogens is 1. The SMILES string of the molecule is CC1CCC(C)c2c1nc1cccc(Cl)c1c2C(=O)O. The number of carboxylic acids is 1. The van der Waals surface area contributed by atoms with Crippen LogP contribution in [0.2, 0.25) is 5.02 Å². The first-order valence-electron chi connectivity index (χ1n) is 6.86. The molecule has 0 aliphatic heterocycles. The number of hydrogen-bond donors (Lipinski definition) is 1. The number of carbonyl (C=O) groups is 1. The van der Waals surface area contributed by atoms with Crippen LogP contribution in [0.25, 0.3) is 10.9 Å². The van der Waals surface area contributed by atoms with Crippen molar-refractivity contribution in [1.29, 1.82) is 0 Å². The molecule has 0 spiro atoms. The van der Waals surface area contributed by atoms with E-state index in [0.717, 1.165) is 24.1 Å². The monoisotopic (exact) mass is 289 g/mol. The molecular formula is C16H16ClNO2.